The fourth-order valence-electron chi connectivity index (χ4n) is 3.29. The van der Waals surface area contributed by atoms with Crippen molar-refractivity contribution >= 4 is 44.1 Å². The number of fused-ring (bicyclic) bond motifs is 1. The van der Waals surface area contributed by atoms with Crippen molar-refractivity contribution in [1.29, 1.82) is 0 Å². The van der Waals surface area contributed by atoms with E-state index < -0.39 is 9.84 Å². The van der Waals surface area contributed by atoms with Gasteiger partial charge in [-0.2, -0.15) is 0 Å². The van der Waals surface area contributed by atoms with Crippen LogP contribution >= 0.6 is 23.4 Å². The number of aliphatic imine (C=N–C) groups is 1. The van der Waals surface area contributed by atoms with Crippen molar-refractivity contribution in [3.63, 3.8) is 0 Å². The molecule has 2 atom stereocenters. The molecule has 2 heterocycles. The van der Waals surface area contributed by atoms with Crippen LogP contribution in [0.25, 0.3) is 0 Å². The molecular weight excluding hydrogens is 395 g/mol. The Labute approximate surface area is 161 Å². The first-order valence-corrected chi connectivity index (χ1v) is 11.3. The van der Waals surface area contributed by atoms with Gasteiger partial charge in [-0.15, -0.1) is 0 Å². The zero-order valence-corrected chi connectivity index (χ0v) is 16.1. The van der Waals surface area contributed by atoms with Crippen molar-refractivity contribution in [2.24, 2.45) is 4.99 Å². The van der Waals surface area contributed by atoms with E-state index in [0.29, 0.717) is 10.8 Å². The molecule has 4 rings (SSSR count). The minimum Gasteiger partial charge on any atom is -0.315 e. The number of halogens is 2. The van der Waals surface area contributed by atoms with E-state index in [9.17, 15) is 12.8 Å². The summed E-state index contributed by atoms with van der Waals surface area (Å²) in [5.41, 5.74) is 1.82. The molecule has 4 nitrogen and oxygen atoms in total. The topological polar surface area (TPSA) is 49.7 Å². The maximum absolute atomic E-state index is 13.1. The Morgan fingerprint density at radius 2 is 1.96 bits per heavy atom. The van der Waals surface area contributed by atoms with Gasteiger partial charge in [-0.3, -0.25) is 4.99 Å². The van der Waals surface area contributed by atoms with Crippen LogP contribution in [0.4, 0.5) is 10.1 Å². The summed E-state index contributed by atoms with van der Waals surface area (Å²) < 4.78 is 37.2. The Balaban J connectivity index is 1.61. The van der Waals surface area contributed by atoms with Gasteiger partial charge < -0.3 is 4.90 Å². The van der Waals surface area contributed by atoms with E-state index in [4.69, 9.17) is 11.6 Å². The van der Waals surface area contributed by atoms with E-state index in [0.717, 1.165) is 16.4 Å². The van der Waals surface area contributed by atoms with Gasteiger partial charge in [0, 0.05) is 16.5 Å². The lowest BCUT2D eigenvalue weighted by Gasteiger charge is -2.26. The zero-order valence-electron chi connectivity index (χ0n) is 13.7. The predicted molar refractivity (Wildman–Crippen MR) is 105 cm³/mol. The van der Waals surface area contributed by atoms with Gasteiger partial charge in [-0.1, -0.05) is 41.6 Å². The summed E-state index contributed by atoms with van der Waals surface area (Å²) in [7, 11) is -3.08. The Kier molecular flexibility index (Phi) is 4.71. The second kappa shape index (κ2) is 6.87. The number of benzene rings is 2. The average molecular weight is 411 g/mol. The van der Waals surface area contributed by atoms with E-state index in [1.54, 1.807) is 18.2 Å². The van der Waals surface area contributed by atoms with Crippen molar-refractivity contribution in [3.05, 3.63) is 64.9 Å². The highest BCUT2D eigenvalue weighted by molar-refractivity contribution is 8.13. The molecule has 0 bridgehead atoms. The Bertz CT molecular complexity index is 963. The fraction of sp³-hybridized carbons (Fsp3) is 0.278. The summed E-state index contributed by atoms with van der Waals surface area (Å²) in [5, 5.41) is 1.37. The second-order valence-electron chi connectivity index (χ2n) is 6.39. The maximum Gasteiger partial charge on any atom is 0.164 e. The fourth-order valence-corrected chi connectivity index (χ4v) is 6.40. The van der Waals surface area contributed by atoms with Crippen LogP contribution in [-0.4, -0.2) is 37.2 Å². The van der Waals surface area contributed by atoms with Crippen molar-refractivity contribution in [1.82, 2.24) is 0 Å². The van der Waals surface area contributed by atoms with Gasteiger partial charge >= 0.3 is 0 Å². The lowest BCUT2D eigenvalue weighted by molar-refractivity contribution is 0.601. The normalized spacial score (nSPS) is 23.8. The Hall–Kier alpha value is -1.57. The third kappa shape index (κ3) is 3.61. The average Bonchev–Trinajstić information content (AvgIpc) is 3.05. The smallest absolute Gasteiger partial charge is 0.164 e. The number of hydrogen-bond acceptors (Lipinski definition) is 5. The molecule has 0 aromatic heterocycles. The third-order valence-electron chi connectivity index (χ3n) is 4.48. The molecule has 2 aliphatic rings. The minimum absolute atomic E-state index is 0.0787. The van der Waals surface area contributed by atoms with Crippen LogP contribution in [0, 0.1) is 5.82 Å². The molecule has 2 aromatic rings. The van der Waals surface area contributed by atoms with Gasteiger partial charge in [0.1, 0.15) is 5.82 Å². The number of nitrogens with zero attached hydrogens (tertiary/aromatic N) is 2. The van der Waals surface area contributed by atoms with Crippen LogP contribution in [0.5, 0.6) is 0 Å². The first-order valence-electron chi connectivity index (χ1n) is 8.11. The van der Waals surface area contributed by atoms with Crippen LogP contribution in [0.15, 0.2) is 53.5 Å². The molecule has 0 radical (unpaired) electrons. The molecule has 2 aromatic carbocycles. The van der Waals surface area contributed by atoms with Crippen LogP contribution in [0.1, 0.15) is 5.56 Å². The first kappa shape index (κ1) is 17.8. The van der Waals surface area contributed by atoms with Crippen molar-refractivity contribution in [2.45, 2.75) is 17.8 Å². The minimum atomic E-state index is -3.08. The monoisotopic (exact) mass is 410 g/mol. The summed E-state index contributed by atoms with van der Waals surface area (Å²) in [6, 6.07) is 13.3. The van der Waals surface area contributed by atoms with Gasteiger partial charge in [0.15, 0.2) is 15.0 Å². The molecule has 1 fully saturated rings. The number of anilines is 1. The summed E-state index contributed by atoms with van der Waals surface area (Å²) in [6.45, 7) is 0. The Morgan fingerprint density at radius 1 is 1.19 bits per heavy atom. The summed E-state index contributed by atoms with van der Waals surface area (Å²) in [6.07, 6.45) is 0. The van der Waals surface area contributed by atoms with Gasteiger partial charge in [0.05, 0.1) is 23.6 Å². The number of hydrogen-bond donors (Lipinski definition) is 0. The van der Waals surface area contributed by atoms with E-state index in [1.807, 2.05) is 23.1 Å². The quantitative estimate of drug-likeness (QED) is 0.773. The van der Waals surface area contributed by atoms with E-state index >= 15 is 0 Å². The largest absolute Gasteiger partial charge is 0.315 e. The van der Waals surface area contributed by atoms with E-state index in [1.165, 1.54) is 23.9 Å². The highest BCUT2D eigenvalue weighted by Gasteiger charge is 2.47. The van der Waals surface area contributed by atoms with Gasteiger partial charge in [-0.25, -0.2) is 12.8 Å². The molecule has 0 saturated carbocycles. The molecule has 2 aliphatic heterocycles. The highest BCUT2D eigenvalue weighted by Crippen LogP contribution is 2.36. The summed E-state index contributed by atoms with van der Waals surface area (Å²) in [4.78, 5) is 6.66. The Morgan fingerprint density at radius 3 is 2.69 bits per heavy atom. The molecule has 0 amide bonds. The van der Waals surface area contributed by atoms with Crippen LogP contribution in [-0.2, 0) is 15.6 Å². The molecule has 26 heavy (non-hydrogen) atoms. The summed E-state index contributed by atoms with van der Waals surface area (Å²) >= 11 is 7.65. The summed E-state index contributed by atoms with van der Waals surface area (Å²) in [5.74, 6) is 0.531. The van der Waals surface area contributed by atoms with Crippen molar-refractivity contribution in [2.75, 3.05) is 16.4 Å². The lowest BCUT2D eigenvalue weighted by atomic mass is 10.1. The number of rotatable bonds is 3. The lowest BCUT2D eigenvalue weighted by Crippen LogP contribution is -2.39. The van der Waals surface area contributed by atoms with Gasteiger partial charge in [0.2, 0.25) is 0 Å². The molecule has 1 saturated heterocycles. The number of sulfone groups is 1. The van der Waals surface area contributed by atoms with Crippen molar-refractivity contribution in [3.8, 4) is 0 Å². The van der Waals surface area contributed by atoms with Crippen molar-refractivity contribution < 1.29 is 12.8 Å². The molecule has 8 heteroatoms. The SMILES string of the molecule is O=S1(=O)C[C@H]2N=C(SCc3ccc(F)cc3)N(c3cccc(Cl)c3)[C@H]2C1. The van der Waals surface area contributed by atoms with E-state index in [-0.39, 0.29) is 29.4 Å². The standard InChI is InChI=1S/C18H16ClFN2O2S2/c19-13-2-1-3-15(8-13)22-17-11-26(23,24)10-16(17)21-18(22)25-9-12-4-6-14(20)7-5-12/h1-8,16-17H,9-11H2/t16-,17+/m1/s1. The molecule has 0 N–H and O–H groups in total. The third-order valence-corrected chi connectivity index (χ3v) is 7.45. The highest BCUT2D eigenvalue weighted by atomic mass is 35.5. The first-order chi connectivity index (χ1) is 12.4. The molecular formula is C18H16ClFN2O2S2. The molecule has 136 valence electrons. The van der Waals surface area contributed by atoms with Crippen LogP contribution < -0.4 is 4.90 Å². The van der Waals surface area contributed by atoms with Gasteiger partial charge in [-0.05, 0) is 35.9 Å². The van der Waals surface area contributed by atoms with Gasteiger partial charge in [0.25, 0.3) is 0 Å². The number of amidine groups is 1. The van der Waals surface area contributed by atoms with Crippen LogP contribution in [0.3, 0.4) is 0 Å². The predicted octanol–water partition coefficient (Wildman–Crippen LogP) is 3.75. The number of thioether (sulfide) groups is 1. The van der Waals surface area contributed by atoms with Crippen LogP contribution in [0.2, 0.25) is 5.02 Å². The zero-order chi connectivity index (χ0) is 18.3. The van der Waals surface area contributed by atoms with E-state index in [2.05, 4.69) is 4.99 Å². The molecule has 0 aliphatic carbocycles. The molecule has 0 unspecified atom stereocenters. The molecule has 0 spiro atoms. The maximum atomic E-state index is 13.1. The second-order valence-corrected chi connectivity index (χ2v) is 9.92.